The molecule has 0 aliphatic carbocycles. The number of benzene rings is 2. The third-order valence-electron chi connectivity index (χ3n) is 4.68. The van der Waals surface area contributed by atoms with Crippen LogP contribution in [-0.4, -0.2) is 59.7 Å². The SMILES string of the molecule is COc1ccc(CO[C@H]2O[C@H](CO)[C@@H](OCc3ccccc3)[C@H](O)[C@H]2O)cc1. The second-order valence-corrected chi connectivity index (χ2v) is 6.63. The van der Waals surface area contributed by atoms with Gasteiger partial charge in [0, 0.05) is 0 Å². The fourth-order valence-electron chi connectivity index (χ4n) is 3.06. The quantitative estimate of drug-likeness (QED) is 0.624. The van der Waals surface area contributed by atoms with Crippen LogP contribution < -0.4 is 4.74 Å². The molecule has 1 heterocycles. The molecule has 0 bridgehead atoms. The fraction of sp³-hybridized carbons (Fsp3) is 0.429. The predicted molar refractivity (Wildman–Crippen MR) is 101 cm³/mol. The second kappa shape index (κ2) is 9.97. The standard InChI is InChI=1S/C21H26O7/c1-25-16-9-7-15(8-10-16)13-27-21-19(24)18(23)20(17(11-22)28-21)26-12-14-5-3-2-4-6-14/h2-10,17-24H,11-13H2,1H3/t17-,18-,19-,20-,21+/m1/s1. The third-order valence-corrected chi connectivity index (χ3v) is 4.68. The lowest BCUT2D eigenvalue weighted by molar-refractivity contribution is -0.311. The van der Waals surface area contributed by atoms with E-state index in [0.29, 0.717) is 0 Å². The van der Waals surface area contributed by atoms with Gasteiger partial charge in [0.1, 0.15) is 30.2 Å². The van der Waals surface area contributed by atoms with Crippen LogP contribution in [-0.2, 0) is 27.4 Å². The van der Waals surface area contributed by atoms with Gasteiger partial charge in [0.15, 0.2) is 6.29 Å². The van der Waals surface area contributed by atoms with E-state index in [1.54, 1.807) is 19.2 Å². The molecule has 2 aromatic carbocycles. The molecule has 7 nitrogen and oxygen atoms in total. The van der Waals surface area contributed by atoms with Crippen LogP contribution in [0, 0.1) is 0 Å². The van der Waals surface area contributed by atoms with Gasteiger partial charge in [-0.2, -0.15) is 0 Å². The molecule has 1 aliphatic rings. The summed E-state index contributed by atoms with van der Waals surface area (Å²) in [6, 6.07) is 16.7. The molecule has 28 heavy (non-hydrogen) atoms. The Labute approximate surface area is 164 Å². The Balaban J connectivity index is 1.58. The Bertz CT molecular complexity index is 704. The molecule has 1 saturated heterocycles. The van der Waals surface area contributed by atoms with Crippen molar-refractivity contribution in [3.05, 3.63) is 65.7 Å². The summed E-state index contributed by atoms with van der Waals surface area (Å²) in [7, 11) is 1.59. The minimum Gasteiger partial charge on any atom is -0.497 e. The van der Waals surface area contributed by atoms with Crippen LogP contribution in [0.25, 0.3) is 0 Å². The van der Waals surface area contributed by atoms with Gasteiger partial charge in [0.25, 0.3) is 0 Å². The van der Waals surface area contributed by atoms with E-state index in [9.17, 15) is 15.3 Å². The van der Waals surface area contributed by atoms with E-state index in [2.05, 4.69) is 0 Å². The zero-order valence-electron chi connectivity index (χ0n) is 15.7. The molecule has 5 atom stereocenters. The van der Waals surface area contributed by atoms with Gasteiger partial charge in [-0.15, -0.1) is 0 Å². The van der Waals surface area contributed by atoms with Crippen molar-refractivity contribution >= 4 is 0 Å². The molecule has 0 aromatic heterocycles. The average Bonchev–Trinajstić information content (AvgIpc) is 2.75. The minimum absolute atomic E-state index is 0.173. The molecule has 2 aromatic rings. The van der Waals surface area contributed by atoms with Gasteiger partial charge in [0.05, 0.1) is 26.9 Å². The van der Waals surface area contributed by atoms with E-state index >= 15 is 0 Å². The minimum atomic E-state index is -1.30. The van der Waals surface area contributed by atoms with Gasteiger partial charge < -0.3 is 34.3 Å². The molecular formula is C21H26O7. The number of aliphatic hydroxyl groups excluding tert-OH is 3. The molecular weight excluding hydrogens is 364 g/mol. The summed E-state index contributed by atoms with van der Waals surface area (Å²) in [4.78, 5) is 0. The maximum Gasteiger partial charge on any atom is 0.187 e. The Kier molecular flexibility index (Phi) is 7.38. The number of hydrogen-bond donors (Lipinski definition) is 3. The van der Waals surface area contributed by atoms with Crippen molar-refractivity contribution in [2.75, 3.05) is 13.7 Å². The molecule has 152 valence electrons. The van der Waals surface area contributed by atoms with E-state index in [1.807, 2.05) is 42.5 Å². The lowest BCUT2D eigenvalue weighted by atomic mass is 9.99. The maximum absolute atomic E-state index is 10.5. The van der Waals surface area contributed by atoms with Gasteiger partial charge in [0.2, 0.25) is 0 Å². The lowest BCUT2D eigenvalue weighted by Gasteiger charge is -2.41. The number of hydrogen-bond acceptors (Lipinski definition) is 7. The Morgan fingerprint density at radius 3 is 2.14 bits per heavy atom. The van der Waals surface area contributed by atoms with Crippen LogP contribution in [0.2, 0.25) is 0 Å². The zero-order valence-corrected chi connectivity index (χ0v) is 15.7. The molecule has 0 spiro atoms. The first kappa shape index (κ1) is 20.7. The van der Waals surface area contributed by atoms with Gasteiger partial charge in [-0.05, 0) is 23.3 Å². The highest BCUT2D eigenvalue weighted by Gasteiger charge is 2.45. The molecule has 0 amide bonds. The average molecular weight is 390 g/mol. The van der Waals surface area contributed by atoms with Crippen LogP contribution in [0.15, 0.2) is 54.6 Å². The lowest BCUT2D eigenvalue weighted by Crippen LogP contribution is -2.60. The van der Waals surface area contributed by atoms with Gasteiger partial charge in [-0.25, -0.2) is 0 Å². The van der Waals surface area contributed by atoms with Crippen molar-refractivity contribution < 1.29 is 34.3 Å². The molecule has 7 heteroatoms. The van der Waals surface area contributed by atoms with Gasteiger partial charge in [-0.3, -0.25) is 0 Å². The molecule has 3 N–H and O–H groups in total. The first-order chi connectivity index (χ1) is 13.6. The number of methoxy groups -OCH3 is 1. The number of ether oxygens (including phenoxy) is 4. The topological polar surface area (TPSA) is 97.6 Å². The van der Waals surface area contributed by atoms with Crippen LogP contribution in [0.5, 0.6) is 5.75 Å². The number of rotatable bonds is 8. The summed E-state index contributed by atoms with van der Waals surface area (Å²) in [5.74, 6) is 0.729. The van der Waals surface area contributed by atoms with E-state index < -0.39 is 30.7 Å². The summed E-state index contributed by atoms with van der Waals surface area (Å²) < 4.78 is 22.1. The van der Waals surface area contributed by atoms with Crippen molar-refractivity contribution in [2.24, 2.45) is 0 Å². The van der Waals surface area contributed by atoms with Crippen molar-refractivity contribution in [1.29, 1.82) is 0 Å². The summed E-state index contributed by atoms with van der Waals surface area (Å²) in [5, 5.41) is 30.5. The highest BCUT2D eigenvalue weighted by Crippen LogP contribution is 2.26. The van der Waals surface area contributed by atoms with Crippen LogP contribution >= 0.6 is 0 Å². The highest BCUT2D eigenvalue weighted by atomic mass is 16.7. The van der Waals surface area contributed by atoms with Crippen molar-refractivity contribution in [3.63, 3.8) is 0 Å². The predicted octanol–water partition coefficient (Wildman–Crippen LogP) is 1.24. The summed E-state index contributed by atoms with van der Waals surface area (Å²) in [5.41, 5.74) is 1.77. The van der Waals surface area contributed by atoms with Gasteiger partial charge >= 0.3 is 0 Å². The highest BCUT2D eigenvalue weighted by molar-refractivity contribution is 5.26. The molecule has 0 unspecified atom stereocenters. The fourth-order valence-corrected chi connectivity index (χ4v) is 3.06. The Morgan fingerprint density at radius 1 is 0.857 bits per heavy atom. The molecule has 1 aliphatic heterocycles. The van der Waals surface area contributed by atoms with Crippen LogP contribution in [0.3, 0.4) is 0 Å². The smallest absolute Gasteiger partial charge is 0.187 e. The van der Waals surface area contributed by atoms with Crippen LogP contribution in [0.4, 0.5) is 0 Å². The van der Waals surface area contributed by atoms with E-state index in [0.717, 1.165) is 16.9 Å². The van der Waals surface area contributed by atoms with Crippen molar-refractivity contribution in [2.45, 2.75) is 43.9 Å². The second-order valence-electron chi connectivity index (χ2n) is 6.63. The summed E-state index contributed by atoms with van der Waals surface area (Å²) >= 11 is 0. The first-order valence-corrected chi connectivity index (χ1v) is 9.15. The van der Waals surface area contributed by atoms with Gasteiger partial charge in [-0.1, -0.05) is 42.5 Å². The van der Waals surface area contributed by atoms with E-state index in [1.165, 1.54) is 0 Å². The normalized spacial score (nSPS) is 27.5. The monoisotopic (exact) mass is 390 g/mol. The largest absolute Gasteiger partial charge is 0.497 e. The molecule has 0 saturated carbocycles. The van der Waals surface area contributed by atoms with Crippen molar-refractivity contribution in [3.8, 4) is 5.75 Å². The van der Waals surface area contributed by atoms with E-state index in [-0.39, 0.29) is 19.8 Å². The first-order valence-electron chi connectivity index (χ1n) is 9.15. The Hall–Kier alpha value is -2.00. The maximum atomic E-state index is 10.5. The molecule has 1 fully saturated rings. The Morgan fingerprint density at radius 2 is 1.50 bits per heavy atom. The zero-order chi connectivity index (χ0) is 19.9. The summed E-state index contributed by atoms with van der Waals surface area (Å²) in [6.45, 7) is 0.0320. The molecule has 0 radical (unpaired) electrons. The van der Waals surface area contributed by atoms with Crippen molar-refractivity contribution in [1.82, 2.24) is 0 Å². The summed E-state index contributed by atoms with van der Waals surface area (Å²) in [6.07, 6.45) is -5.33. The number of aliphatic hydroxyl groups is 3. The third kappa shape index (κ3) is 5.08. The van der Waals surface area contributed by atoms with E-state index in [4.69, 9.17) is 18.9 Å². The molecule has 3 rings (SSSR count). The van der Waals surface area contributed by atoms with Crippen LogP contribution in [0.1, 0.15) is 11.1 Å².